The third-order valence-electron chi connectivity index (χ3n) is 5.05. The molecule has 1 aliphatic rings. The maximum atomic E-state index is 13.2. The summed E-state index contributed by atoms with van der Waals surface area (Å²) < 4.78 is 0. The van der Waals surface area contributed by atoms with E-state index in [-0.39, 0.29) is 11.3 Å². The zero-order chi connectivity index (χ0) is 16.3. The van der Waals surface area contributed by atoms with Gasteiger partial charge in [-0.2, -0.15) is 0 Å². The number of amides is 1. The van der Waals surface area contributed by atoms with E-state index in [1.807, 2.05) is 36.4 Å². The second-order valence-electron chi connectivity index (χ2n) is 6.85. The lowest BCUT2D eigenvalue weighted by molar-refractivity contribution is -0.121. The molecule has 2 nitrogen and oxygen atoms in total. The summed E-state index contributed by atoms with van der Waals surface area (Å²) in [7, 11) is 0. The standard InChI is InChI=1S/C21H25NO/c1-16(2)18-12-6-7-13-19(18)22-20(23)21(14-8-9-15-21)17-10-4-3-5-11-17/h3-7,10-13,16H,8-9,14-15H2,1-2H3,(H,22,23). The lowest BCUT2D eigenvalue weighted by Gasteiger charge is -2.29. The number of para-hydroxylation sites is 1. The molecule has 2 heteroatoms. The lowest BCUT2D eigenvalue weighted by Crippen LogP contribution is -2.38. The molecule has 0 bridgehead atoms. The van der Waals surface area contributed by atoms with Crippen LogP contribution in [0.25, 0.3) is 0 Å². The first-order chi connectivity index (χ1) is 11.1. The Hall–Kier alpha value is -2.09. The fourth-order valence-electron chi connectivity index (χ4n) is 3.74. The van der Waals surface area contributed by atoms with Crippen LogP contribution in [0.1, 0.15) is 56.6 Å². The topological polar surface area (TPSA) is 29.1 Å². The van der Waals surface area contributed by atoms with E-state index in [1.54, 1.807) is 0 Å². The predicted octanol–water partition coefficient (Wildman–Crippen LogP) is 5.26. The molecular formula is C21H25NO. The van der Waals surface area contributed by atoms with Crippen molar-refractivity contribution in [2.24, 2.45) is 0 Å². The molecule has 1 saturated carbocycles. The third kappa shape index (κ3) is 3.03. The number of anilines is 1. The van der Waals surface area contributed by atoms with E-state index in [2.05, 4.69) is 37.4 Å². The molecule has 0 radical (unpaired) electrons. The van der Waals surface area contributed by atoms with Gasteiger partial charge in [-0.25, -0.2) is 0 Å². The molecule has 1 amide bonds. The second-order valence-corrected chi connectivity index (χ2v) is 6.85. The molecule has 0 unspecified atom stereocenters. The van der Waals surface area contributed by atoms with Crippen molar-refractivity contribution in [1.29, 1.82) is 0 Å². The third-order valence-corrected chi connectivity index (χ3v) is 5.05. The van der Waals surface area contributed by atoms with Gasteiger partial charge >= 0.3 is 0 Å². The molecule has 0 aliphatic heterocycles. The van der Waals surface area contributed by atoms with Gasteiger partial charge in [0.25, 0.3) is 0 Å². The summed E-state index contributed by atoms with van der Waals surface area (Å²) in [4.78, 5) is 13.2. The van der Waals surface area contributed by atoms with Crippen LogP contribution in [-0.4, -0.2) is 5.91 Å². The molecule has 1 fully saturated rings. The van der Waals surface area contributed by atoms with Gasteiger partial charge in [0, 0.05) is 5.69 Å². The molecule has 2 aromatic rings. The summed E-state index contributed by atoms with van der Waals surface area (Å²) in [6, 6.07) is 18.4. The number of carbonyl (C=O) groups is 1. The fraction of sp³-hybridized carbons (Fsp3) is 0.381. The molecule has 0 atom stereocenters. The Kier molecular flexibility index (Phi) is 4.51. The molecule has 3 rings (SSSR count). The van der Waals surface area contributed by atoms with E-state index < -0.39 is 0 Å². The van der Waals surface area contributed by atoms with Crippen molar-refractivity contribution in [3.05, 3.63) is 65.7 Å². The average molecular weight is 307 g/mol. The van der Waals surface area contributed by atoms with E-state index in [1.165, 1.54) is 5.56 Å². The van der Waals surface area contributed by atoms with Gasteiger partial charge in [-0.3, -0.25) is 4.79 Å². The predicted molar refractivity (Wildman–Crippen MR) is 95.7 cm³/mol. The van der Waals surface area contributed by atoms with Gasteiger partial charge in [-0.15, -0.1) is 0 Å². The van der Waals surface area contributed by atoms with Crippen LogP contribution in [0.5, 0.6) is 0 Å². The normalized spacial score (nSPS) is 16.5. The summed E-state index contributed by atoms with van der Waals surface area (Å²) in [5, 5.41) is 3.23. The van der Waals surface area contributed by atoms with Crippen molar-refractivity contribution in [3.8, 4) is 0 Å². The summed E-state index contributed by atoms with van der Waals surface area (Å²) >= 11 is 0. The minimum Gasteiger partial charge on any atom is -0.325 e. The summed E-state index contributed by atoms with van der Waals surface area (Å²) in [5.74, 6) is 0.539. The molecule has 23 heavy (non-hydrogen) atoms. The maximum Gasteiger partial charge on any atom is 0.235 e. The molecule has 1 N–H and O–H groups in total. The molecule has 0 spiro atoms. The van der Waals surface area contributed by atoms with Crippen LogP contribution in [0.3, 0.4) is 0 Å². The summed E-state index contributed by atoms with van der Waals surface area (Å²) in [6.45, 7) is 4.32. The van der Waals surface area contributed by atoms with Crippen LogP contribution in [-0.2, 0) is 10.2 Å². The van der Waals surface area contributed by atoms with Crippen LogP contribution in [0.15, 0.2) is 54.6 Å². The minimum absolute atomic E-state index is 0.148. The van der Waals surface area contributed by atoms with Crippen LogP contribution < -0.4 is 5.32 Å². The Labute approximate surface area is 138 Å². The highest BCUT2D eigenvalue weighted by molar-refractivity contribution is 6.00. The Bertz CT molecular complexity index is 669. The zero-order valence-corrected chi connectivity index (χ0v) is 14.0. The first-order valence-electron chi connectivity index (χ1n) is 8.59. The van der Waals surface area contributed by atoms with Crippen molar-refractivity contribution < 1.29 is 4.79 Å². The Morgan fingerprint density at radius 1 is 0.957 bits per heavy atom. The number of carbonyl (C=O) groups excluding carboxylic acids is 1. The molecule has 2 aromatic carbocycles. The molecule has 0 aromatic heterocycles. The zero-order valence-electron chi connectivity index (χ0n) is 14.0. The first-order valence-corrected chi connectivity index (χ1v) is 8.59. The van der Waals surface area contributed by atoms with E-state index in [9.17, 15) is 4.79 Å². The fourth-order valence-corrected chi connectivity index (χ4v) is 3.74. The van der Waals surface area contributed by atoms with Crippen molar-refractivity contribution in [1.82, 2.24) is 0 Å². The van der Waals surface area contributed by atoms with Gasteiger partial charge in [0.1, 0.15) is 0 Å². The van der Waals surface area contributed by atoms with Gasteiger partial charge < -0.3 is 5.32 Å². The largest absolute Gasteiger partial charge is 0.325 e. The molecule has 0 saturated heterocycles. The number of hydrogen-bond donors (Lipinski definition) is 1. The number of rotatable bonds is 4. The maximum absolute atomic E-state index is 13.2. The van der Waals surface area contributed by atoms with Gasteiger partial charge in [-0.1, -0.05) is 75.2 Å². The van der Waals surface area contributed by atoms with E-state index >= 15 is 0 Å². The van der Waals surface area contributed by atoms with E-state index in [4.69, 9.17) is 0 Å². The quantitative estimate of drug-likeness (QED) is 0.820. The van der Waals surface area contributed by atoms with Crippen LogP contribution in [0.2, 0.25) is 0 Å². The molecule has 0 heterocycles. The first kappa shape index (κ1) is 15.8. The highest BCUT2D eigenvalue weighted by Crippen LogP contribution is 2.42. The minimum atomic E-state index is -0.370. The van der Waals surface area contributed by atoms with Gasteiger partial charge in [0.05, 0.1) is 5.41 Å². The number of benzene rings is 2. The highest BCUT2D eigenvalue weighted by atomic mass is 16.2. The number of nitrogens with one attached hydrogen (secondary N) is 1. The Balaban J connectivity index is 1.92. The van der Waals surface area contributed by atoms with E-state index in [0.717, 1.165) is 36.9 Å². The van der Waals surface area contributed by atoms with Crippen LogP contribution in [0.4, 0.5) is 5.69 Å². The Morgan fingerprint density at radius 3 is 2.22 bits per heavy atom. The SMILES string of the molecule is CC(C)c1ccccc1NC(=O)C1(c2ccccc2)CCCC1. The van der Waals surface area contributed by atoms with Crippen molar-refractivity contribution in [2.75, 3.05) is 5.32 Å². The average Bonchev–Trinajstić information content (AvgIpc) is 3.07. The Morgan fingerprint density at radius 2 is 1.57 bits per heavy atom. The molecule has 1 aliphatic carbocycles. The summed E-state index contributed by atoms with van der Waals surface area (Å²) in [5.41, 5.74) is 2.93. The van der Waals surface area contributed by atoms with Crippen LogP contribution >= 0.6 is 0 Å². The van der Waals surface area contributed by atoms with Gasteiger partial charge in [0.2, 0.25) is 5.91 Å². The van der Waals surface area contributed by atoms with Gasteiger partial charge in [-0.05, 0) is 36.0 Å². The smallest absolute Gasteiger partial charge is 0.235 e. The highest BCUT2D eigenvalue weighted by Gasteiger charge is 2.42. The second kappa shape index (κ2) is 6.57. The summed E-state index contributed by atoms with van der Waals surface area (Å²) in [6.07, 6.45) is 4.11. The molecular weight excluding hydrogens is 282 g/mol. The van der Waals surface area contributed by atoms with E-state index in [0.29, 0.717) is 5.92 Å². The van der Waals surface area contributed by atoms with Gasteiger partial charge in [0.15, 0.2) is 0 Å². The number of hydrogen-bond acceptors (Lipinski definition) is 1. The van der Waals surface area contributed by atoms with Crippen molar-refractivity contribution >= 4 is 11.6 Å². The van der Waals surface area contributed by atoms with Crippen LogP contribution in [0, 0.1) is 0 Å². The lowest BCUT2D eigenvalue weighted by atomic mass is 9.78. The van der Waals surface area contributed by atoms with Crippen molar-refractivity contribution in [2.45, 2.75) is 50.9 Å². The monoisotopic (exact) mass is 307 g/mol. The molecule has 120 valence electrons. The van der Waals surface area contributed by atoms with Crippen molar-refractivity contribution in [3.63, 3.8) is 0 Å².